The summed E-state index contributed by atoms with van der Waals surface area (Å²) in [6.45, 7) is 1.86. The van der Waals surface area contributed by atoms with Crippen LogP contribution in [-0.4, -0.2) is 20.1 Å². The molecule has 1 aromatic carbocycles. The summed E-state index contributed by atoms with van der Waals surface area (Å²) in [4.78, 5) is 24.0. The molecule has 0 saturated carbocycles. The van der Waals surface area contributed by atoms with Gasteiger partial charge in [0.2, 0.25) is 5.91 Å². The molecule has 0 spiro atoms. The van der Waals surface area contributed by atoms with Crippen LogP contribution < -0.4 is 11.0 Å². The summed E-state index contributed by atoms with van der Waals surface area (Å²) in [5.41, 5.74) is 2.00. The quantitative estimate of drug-likeness (QED) is 0.790. The van der Waals surface area contributed by atoms with Crippen LogP contribution in [-0.2, 0) is 11.3 Å². The van der Waals surface area contributed by atoms with Crippen LogP contribution in [0, 0.1) is 6.92 Å². The average molecular weight is 282 g/mol. The van der Waals surface area contributed by atoms with Crippen LogP contribution in [0.15, 0.2) is 53.5 Å². The standard InChI is InChI=1S/C15H14N4O2/c1-11-5-7-12(8-6-11)16-14(20)10-19-15(21)18-9-3-2-4-13(18)17-19/h2-9H,10H2,1H3,(H,16,20). The molecule has 0 saturated heterocycles. The van der Waals surface area contributed by atoms with E-state index in [0.29, 0.717) is 11.3 Å². The second-order valence-corrected chi connectivity index (χ2v) is 4.78. The Morgan fingerprint density at radius 1 is 1.19 bits per heavy atom. The number of hydrogen-bond acceptors (Lipinski definition) is 3. The predicted octanol–water partition coefficient (Wildman–Crippen LogP) is 1.44. The highest BCUT2D eigenvalue weighted by Gasteiger charge is 2.10. The smallest absolute Gasteiger partial charge is 0.324 e. The maximum Gasteiger partial charge on any atom is 0.350 e. The number of aromatic nitrogens is 3. The van der Waals surface area contributed by atoms with Crippen molar-refractivity contribution in [3.05, 3.63) is 64.7 Å². The summed E-state index contributed by atoms with van der Waals surface area (Å²) in [6, 6.07) is 12.7. The molecule has 0 fully saturated rings. The summed E-state index contributed by atoms with van der Waals surface area (Å²) in [5, 5.41) is 6.86. The Hall–Kier alpha value is -2.89. The zero-order valence-corrected chi connectivity index (χ0v) is 11.5. The van der Waals surface area contributed by atoms with Gasteiger partial charge in [0.15, 0.2) is 5.65 Å². The van der Waals surface area contributed by atoms with E-state index in [1.807, 2.05) is 31.2 Å². The minimum absolute atomic E-state index is 0.117. The fraction of sp³-hybridized carbons (Fsp3) is 0.133. The molecule has 0 bridgehead atoms. The third-order valence-electron chi connectivity index (χ3n) is 3.12. The number of carbonyl (C=O) groups excluding carboxylic acids is 1. The summed E-state index contributed by atoms with van der Waals surface area (Å²) in [5.74, 6) is -0.288. The lowest BCUT2D eigenvalue weighted by Gasteiger charge is -2.04. The van der Waals surface area contributed by atoms with Gasteiger partial charge in [-0.2, -0.15) is 0 Å². The molecular formula is C15H14N4O2. The first-order valence-corrected chi connectivity index (χ1v) is 6.54. The molecule has 6 nitrogen and oxygen atoms in total. The van der Waals surface area contributed by atoms with E-state index in [0.717, 1.165) is 10.2 Å². The Bertz CT molecular complexity index is 846. The maximum atomic E-state index is 12.0. The molecule has 0 aliphatic rings. The van der Waals surface area contributed by atoms with Crippen LogP contribution in [0.4, 0.5) is 5.69 Å². The van der Waals surface area contributed by atoms with E-state index < -0.39 is 0 Å². The van der Waals surface area contributed by atoms with Crippen molar-refractivity contribution in [3.8, 4) is 0 Å². The Balaban J connectivity index is 1.78. The van der Waals surface area contributed by atoms with Gasteiger partial charge in [0.1, 0.15) is 6.54 Å². The normalized spacial score (nSPS) is 10.7. The number of nitrogens with one attached hydrogen (secondary N) is 1. The molecule has 21 heavy (non-hydrogen) atoms. The third kappa shape index (κ3) is 2.69. The highest BCUT2D eigenvalue weighted by Crippen LogP contribution is 2.08. The van der Waals surface area contributed by atoms with Crippen LogP contribution in [0.25, 0.3) is 5.65 Å². The second-order valence-electron chi connectivity index (χ2n) is 4.78. The van der Waals surface area contributed by atoms with E-state index in [1.165, 1.54) is 4.40 Å². The molecule has 0 aliphatic carbocycles. The number of anilines is 1. The van der Waals surface area contributed by atoms with Crippen LogP contribution in [0.1, 0.15) is 5.56 Å². The van der Waals surface area contributed by atoms with Gasteiger partial charge in [0.05, 0.1) is 0 Å². The molecule has 0 atom stereocenters. The second kappa shape index (κ2) is 5.24. The Morgan fingerprint density at radius 2 is 1.95 bits per heavy atom. The van der Waals surface area contributed by atoms with Crippen molar-refractivity contribution in [3.63, 3.8) is 0 Å². The predicted molar refractivity (Wildman–Crippen MR) is 79.3 cm³/mol. The fourth-order valence-electron chi connectivity index (χ4n) is 2.04. The lowest BCUT2D eigenvalue weighted by Crippen LogP contribution is -2.28. The van der Waals surface area contributed by atoms with Crippen LogP contribution in [0.5, 0.6) is 0 Å². The van der Waals surface area contributed by atoms with E-state index in [9.17, 15) is 9.59 Å². The van der Waals surface area contributed by atoms with Crippen LogP contribution in [0.2, 0.25) is 0 Å². The van der Waals surface area contributed by atoms with Crippen molar-refractivity contribution in [2.75, 3.05) is 5.32 Å². The van der Waals surface area contributed by atoms with Gasteiger partial charge in [-0.05, 0) is 31.2 Å². The van der Waals surface area contributed by atoms with E-state index in [4.69, 9.17) is 0 Å². The van der Waals surface area contributed by atoms with E-state index in [2.05, 4.69) is 10.4 Å². The van der Waals surface area contributed by atoms with Gasteiger partial charge in [-0.3, -0.25) is 9.20 Å². The van der Waals surface area contributed by atoms with Crippen molar-refractivity contribution < 1.29 is 4.79 Å². The summed E-state index contributed by atoms with van der Waals surface area (Å²) >= 11 is 0. The highest BCUT2D eigenvalue weighted by molar-refractivity contribution is 5.90. The molecule has 0 radical (unpaired) electrons. The van der Waals surface area contributed by atoms with Crippen LogP contribution >= 0.6 is 0 Å². The minimum atomic E-state index is -0.329. The molecular weight excluding hydrogens is 268 g/mol. The van der Waals surface area contributed by atoms with Gasteiger partial charge in [-0.1, -0.05) is 23.8 Å². The Kier molecular flexibility index (Phi) is 3.27. The number of nitrogens with zero attached hydrogens (tertiary/aromatic N) is 3. The maximum absolute atomic E-state index is 12.0. The molecule has 0 aliphatic heterocycles. The van der Waals surface area contributed by atoms with E-state index in [1.54, 1.807) is 24.4 Å². The van der Waals surface area contributed by atoms with Gasteiger partial charge in [0, 0.05) is 11.9 Å². The van der Waals surface area contributed by atoms with Gasteiger partial charge >= 0.3 is 5.69 Å². The number of hydrogen-bond donors (Lipinski definition) is 1. The van der Waals surface area contributed by atoms with Gasteiger partial charge in [-0.25, -0.2) is 9.48 Å². The van der Waals surface area contributed by atoms with Crippen molar-refractivity contribution in [2.24, 2.45) is 0 Å². The van der Waals surface area contributed by atoms with E-state index >= 15 is 0 Å². The Labute approximate surface area is 120 Å². The number of benzene rings is 1. The molecule has 6 heteroatoms. The molecule has 1 amide bonds. The summed E-state index contributed by atoms with van der Waals surface area (Å²) in [7, 11) is 0. The first-order valence-electron chi connectivity index (χ1n) is 6.54. The molecule has 2 heterocycles. The van der Waals surface area contributed by atoms with Gasteiger partial charge < -0.3 is 5.32 Å². The molecule has 3 aromatic rings. The SMILES string of the molecule is Cc1ccc(NC(=O)Cn2nc3ccccn3c2=O)cc1. The summed E-state index contributed by atoms with van der Waals surface area (Å²) < 4.78 is 2.55. The minimum Gasteiger partial charge on any atom is -0.324 e. The number of carbonyl (C=O) groups is 1. The van der Waals surface area contributed by atoms with Gasteiger partial charge in [0.25, 0.3) is 0 Å². The number of pyridine rings is 1. The molecule has 0 unspecified atom stereocenters. The first kappa shape index (κ1) is 13.1. The number of rotatable bonds is 3. The number of aryl methyl sites for hydroxylation is 1. The first-order chi connectivity index (χ1) is 10.1. The van der Waals surface area contributed by atoms with Crippen LogP contribution in [0.3, 0.4) is 0 Å². The molecule has 1 N–H and O–H groups in total. The number of fused-ring (bicyclic) bond motifs is 1. The zero-order chi connectivity index (χ0) is 14.8. The molecule has 2 aromatic heterocycles. The van der Waals surface area contributed by atoms with Crippen molar-refractivity contribution in [1.29, 1.82) is 0 Å². The highest BCUT2D eigenvalue weighted by atomic mass is 16.2. The van der Waals surface area contributed by atoms with E-state index in [-0.39, 0.29) is 18.1 Å². The monoisotopic (exact) mass is 282 g/mol. The molecule has 106 valence electrons. The average Bonchev–Trinajstić information content (AvgIpc) is 2.78. The fourth-order valence-corrected chi connectivity index (χ4v) is 2.04. The van der Waals surface area contributed by atoms with Crippen molar-refractivity contribution in [1.82, 2.24) is 14.2 Å². The van der Waals surface area contributed by atoms with Crippen molar-refractivity contribution in [2.45, 2.75) is 13.5 Å². The van der Waals surface area contributed by atoms with Crippen molar-refractivity contribution >= 4 is 17.2 Å². The largest absolute Gasteiger partial charge is 0.350 e. The lowest BCUT2D eigenvalue weighted by atomic mass is 10.2. The number of amides is 1. The van der Waals surface area contributed by atoms with Gasteiger partial charge in [-0.15, -0.1) is 5.10 Å². The lowest BCUT2D eigenvalue weighted by molar-refractivity contribution is -0.117. The third-order valence-corrected chi connectivity index (χ3v) is 3.12. The topological polar surface area (TPSA) is 68.4 Å². The zero-order valence-electron chi connectivity index (χ0n) is 11.5. The summed E-state index contributed by atoms with van der Waals surface area (Å²) in [6.07, 6.45) is 1.62. The molecule has 3 rings (SSSR count). The Morgan fingerprint density at radius 3 is 2.67 bits per heavy atom.